The molecule has 0 aliphatic rings. The van der Waals surface area contributed by atoms with Crippen LogP contribution in [0, 0.1) is 6.92 Å². The molecule has 0 unspecified atom stereocenters. The second-order valence-electron chi connectivity index (χ2n) is 7.61. The third kappa shape index (κ3) is 3.99. The molecule has 174 valence electrons. The van der Waals surface area contributed by atoms with Crippen LogP contribution in [0.15, 0.2) is 76.3 Å². The van der Waals surface area contributed by atoms with Crippen molar-refractivity contribution in [1.82, 2.24) is 14.6 Å². The lowest BCUT2D eigenvalue weighted by Gasteiger charge is -2.18. The topological polar surface area (TPSA) is 93.3 Å². The number of carbonyl (C=O) groups excluding carboxylic acids is 1. The van der Waals surface area contributed by atoms with Crippen LogP contribution in [0.3, 0.4) is 0 Å². The van der Waals surface area contributed by atoms with E-state index in [9.17, 15) is 27.6 Å². The largest absolute Gasteiger partial charge is 0.416 e. The number of halogens is 3. The molecule has 0 atom stereocenters. The summed E-state index contributed by atoms with van der Waals surface area (Å²) < 4.78 is 42.4. The van der Waals surface area contributed by atoms with Crippen molar-refractivity contribution in [3.05, 3.63) is 110 Å². The number of alkyl halides is 3. The molecule has 0 radical (unpaired) electrons. The first-order chi connectivity index (χ1) is 16.1. The number of nitrogens with zero attached hydrogens (tertiary/aromatic N) is 2. The third-order valence-electron chi connectivity index (χ3n) is 5.56. The Balaban J connectivity index is 1.95. The van der Waals surface area contributed by atoms with Crippen molar-refractivity contribution in [2.45, 2.75) is 19.6 Å². The maximum Gasteiger partial charge on any atom is 0.416 e. The number of fused-ring (bicyclic) bond motifs is 1. The minimum absolute atomic E-state index is 0.0152. The Kier molecular flexibility index (Phi) is 5.84. The van der Waals surface area contributed by atoms with Gasteiger partial charge in [0, 0.05) is 5.56 Å². The van der Waals surface area contributed by atoms with Crippen LogP contribution < -0.4 is 16.7 Å². The van der Waals surface area contributed by atoms with Crippen molar-refractivity contribution in [2.75, 3.05) is 0 Å². The minimum Gasteiger partial charge on any atom is -0.288 e. The zero-order chi connectivity index (χ0) is 24.6. The number of hydrogen-bond acceptors (Lipinski definition) is 4. The highest BCUT2D eigenvalue weighted by molar-refractivity contribution is 5.93. The summed E-state index contributed by atoms with van der Waals surface area (Å²) in [6.45, 7) is 1.20. The quantitative estimate of drug-likeness (QED) is 0.353. The Hall–Kier alpha value is -4.18. The summed E-state index contributed by atoms with van der Waals surface area (Å²) in [7, 11) is 0. The van der Waals surface area contributed by atoms with Crippen molar-refractivity contribution in [2.24, 2.45) is 0 Å². The van der Waals surface area contributed by atoms with Gasteiger partial charge in [-0.25, -0.2) is 14.8 Å². The summed E-state index contributed by atoms with van der Waals surface area (Å²) >= 11 is 0. The number of carbonyl (C=O) groups is 1. The summed E-state index contributed by atoms with van der Waals surface area (Å²) in [4.78, 5) is 38.3. The van der Waals surface area contributed by atoms with E-state index in [4.69, 9.17) is 5.21 Å². The lowest BCUT2D eigenvalue weighted by Crippen LogP contribution is -2.39. The molecule has 0 aliphatic carbocycles. The fourth-order valence-corrected chi connectivity index (χ4v) is 3.87. The van der Waals surface area contributed by atoms with Crippen LogP contribution >= 0.6 is 0 Å². The van der Waals surface area contributed by atoms with Gasteiger partial charge in [0.2, 0.25) is 0 Å². The van der Waals surface area contributed by atoms with E-state index in [-0.39, 0.29) is 28.7 Å². The van der Waals surface area contributed by atoms with Gasteiger partial charge in [-0.05, 0) is 54.4 Å². The molecule has 4 rings (SSSR count). The normalized spacial score (nSPS) is 11.6. The van der Waals surface area contributed by atoms with E-state index < -0.39 is 28.9 Å². The molecule has 1 amide bonds. The summed E-state index contributed by atoms with van der Waals surface area (Å²) in [6, 6.07) is 15.7. The smallest absolute Gasteiger partial charge is 0.288 e. The molecule has 3 aromatic carbocycles. The van der Waals surface area contributed by atoms with Gasteiger partial charge in [0.25, 0.3) is 11.5 Å². The molecule has 1 heterocycles. The van der Waals surface area contributed by atoms with Crippen LogP contribution in [0.25, 0.3) is 16.6 Å². The Labute approximate surface area is 190 Å². The van der Waals surface area contributed by atoms with Gasteiger partial charge < -0.3 is 0 Å². The van der Waals surface area contributed by atoms with Crippen LogP contribution in [0.2, 0.25) is 0 Å². The van der Waals surface area contributed by atoms with Crippen molar-refractivity contribution < 1.29 is 23.2 Å². The number of aromatic nitrogens is 2. The highest BCUT2D eigenvalue weighted by Crippen LogP contribution is 2.33. The average Bonchev–Trinajstić information content (AvgIpc) is 2.82. The average molecular weight is 469 g/mol. The van der Waals surface area contributed by atoms with E-state index in [1.165, 1.54) is 41.2 Å². The van der Waals surface area contributed by atoms with Gasteiger partial charge in [-0.1, -0.05) is 30.3 Å². The molecular formula is C24H18F3N3O4. The lowest BCUT2D eigenvalue weighted by molar-refractivity contribution is -0.138. The molecule has 4 aromatic rings. The summed E-state index contributed by atoms with van der Waals surface area (Å²) in [6.07, 6.45) is -4.65. The van der Waals surface area contributed by atoms with E-state index in [1.54, 1.807) is 30.3 Å². The highest BCUT2D eigenvalue weighted by atomic mass is 19.4. The Morgan fingerprint density at radius 2 is 1.65 bits per heavy atom. The van der Waals surface area contributed by atoms with Gasteiger partial charge in [0.1, 0.15) is 0 Å². The maximum absolute atomic E-state index is 13.5. The van der Waals surface area contributed by atoms with E-state index in [0.29, 0.717) is 11.1 Å². The van der Waals surface area contributed by atoms with Crippen molar-refractivity contribution >= 4 is 16.8 Å². The molecule has 0 saturated heterocycles. The number of rotatable bonds is 4. The Morgan fingerprint density at radius 3 is 2.29 bits per heavy atom. The molecular weight excluding hydrogens is 451 g/mol. The molecule has 0 bridgehead atoms. The van der Waals surface area contributed by atoms with E-state index in [2.05, 4.69) is 0 Å². The number of para-hydroxylation sites is 1. The van der Waals surface area contributed by atoms with Gasteiger partial charge in [-0.15, -0.1) is 0 Å². The van der Waals surface area contributed by atoms with Crippen LogP contribution in [-0.4, -0.2) is 20.2 Å². The second kappa shape index (κ2) is 8.64. The molecule has 1 aromatic heterocycles. The maximum atomic E-state index is 13.5. The summed E-state index contributed by atoms with van der Waals surface area (Å²) in [5, 5.41) is 8.92. The zero-order valence-electron chi connectivity index (χ0n) is 17.8. The number of benzene rings is 3. The standard InChI is InChI=1S/C24H18F3N3O4/c1-14-18(24(25,26)27)6-4-8-19(14)30-22(32)17-5-2-3-7-20(17)29(23(30)33)13-15-9-11-16(12-10-15)21(31)28-34/h2-12,34H,13H2,1H3,(H,28,31). The molecule has 7 nitrogen and oxygen atoms in total. The predicted octanol–water partition coefficient (Wildman–Crippen LogP) is 3.65. The number of hydroxylamine groups is 1. The third-order valence-corrected chi connectivity index (χ3v) is 5.56. The molecule has 0 aliphatic heterocycles. The fourth-order valence-electron chi connectivity index (χ4n) is 3.87. The lowest BCUT2D eigenvalue weighted by atomic mass is 10.1. The highest BCUT2D eigenvalue weighted by Gasteiger charge is 2.33. The van der Waals surface area contributed by atoms with Crippen LogP contribution in [0.5, 0.6) is 0 Å². The van der Waals surface area contributed by atoms with Crippen LogP contribution in [0.4, 0.5) is 13.2 Å². The SMILES string of the molecule is Cc1c(-n2c(=O)c3ccccc3n(Cc3ccc(C(=O)NO)cc3)c2=O)cccc1C(F)(F)F. The molecule has 10 heteroatoms. The first-order valence-corrected chi connectivity index (χ1v) is 10.1. The van der Waals surface area contributed by atoms with Crippen LogP contribution in [0.1, 0.15) is 27.0 Å². The number of nitrogens with one attached hydrogen (secondary N) is 1. The first-order valence-electron chi connectivity index (χ1n) is 10.1. The minimum atomic E-state index is -4.65. The van der Waals surface area contributed by atoms with E-state index >= 15 is 0 Å². The molecule has 0 saturated carbocycles. The summed E-state index contributed by atoms with van der Waals surface area (Å²) in [5.41, 5.74) is -0.243. The number of hydrogen-bond donors (Lipinski definition) is 2. The van der Waals surface area contributed by atoms with E-state index in [1.807, 2.05) is 0 Å². The molecule has 2 N–H and O–H groups in total. The second-order valence-corrected chi connectivity index (χ2v) is 7.61. The van der Waals surface area contributed by atoms with Gasteiger partial charge in [0.15, 0.2) is 0 Å². The van der Waals surface area contributed by atoms with Gasteiger partial charge in [-0.3, -0.25) is 19.4 Å². The van der Waals surface area contributed by atoms with Crippen LogP contribution in [-0.2, 0) is 12.7 Å². The fraction of sp³-hybridized carbons (Fsp3) is 0.125. The molecule has 34 heavy (non-hydrogen) atoms. The van der Waals surface area contributed by atoms with E-state index in [0.717, 1.165) is 16.7 Å². The Morgan fingerprint density at radius 1 is 0.971 bits per heavy atom. The van der Waals surface area contributed by atoms with Gasteiger partial charge >= 0.3 is 11.9 Å². The number of amides is 1. The van der Waals surface area contributed by atoms with Gasteiger partial charge in [0.05, 0.1) is 28.7 Å². The van der Waals surface area contributed by atoms with Crippen molar-refractivity contribution in [1.29, 1.82) is 0 Å². The van der Waals surface area contributed by atoms with Crippen molar-refractivity contribution in [3.63, 3.8) is 0 Å². The predicted molar refractivity (Wildman–Crippen MR) is 118 cm³/mol. The molecule has 0 spiro atoms. The first kappa shape index (κ1) is 23.0. The Bertz CT molecular complexity index is 1520. The van der Waals surface area contributed by atoms with Gasteiger partial charge in [-0.2, -0.15) is 13.2 Å². The zero-order valence-corrected chi connectivity index (χ0v) is 17.8. The van der Waals surface area contributed by atoms with Crippen molar-refractivity contribution in [3.8, 4) is 5.69 Å². The summed E-state index contributed by atoms with van der Waals surface area (Å²) in [5.74, 6) is -0.706. The molecule has 0 fully saturated rings. The monoisotopic (exact) mass is 469 g/mol.